The van der Waals surface area contributed by atoms with Gasteiger partial charge in [0.15, 0.2) is 23.2 Å². The van der Waals surface area contributed by atoms with E-state index in [1.54, 1.807) is 0 Å². The Bertz CT molecular complexity index is 359. The first-order valence-electron chi connectivity index (χ1n) is 4.48. The summed E-state index contributed by atoms with van der Waals surface area (Å²) in [5, 5.41) is 0. The summed E-state index contributed by atoms with van der Waals surface area (Å²) in [4.78, 5) is 0. The molecule has 0 aromatic heterocycles. The minimum absolute atomic E-state index is 0. The molecule has 0 saturated heterocycles. The summed E-state index contributed by atoms with van der Waals surface area (Å²) in [6, 6.07) is 1.26. The average Bonchev–Trinajstić information content (AvgIpc) is 2.06. The molecule has 0 bridgehead atoms. The first-order valence-corrected chi connectivity index (χ1v) is 4.48. The fraction of sp³-hybridized carbons (Fsp3) is 0.364. The van der Waals surface area contributed by atoms with E-state index in [1.807, 2.05) is 0 Å². The van der Waals surface area contributed by atoms with E-state index in [1.165, 1.54) is 0 Å². The molecule has 1 aliphatic rings. The summed E-state index contributed by atoms with van der Waals surface area (Å²) in [6.45, 7) is 0. The first kappa shape index (κ1) is 20.1. The minimum Gasteiger partial charge on any atom is -0.487 e. The summed E-state index contributed by atoms with van der Waals surface area (Å²) in [5.41, 5.74) is 0. The molecule has 96 valence electrons. The second-order valence-electron chi connectivity index (χ2n) is 3.37. The van der Waals surface area contributed by atoms with Gasteiger partial charge in [-0.2, -0.15) is 0 Å². The Balaban J connectivity index is 0. The molecule has 0 unspecified atom stereocenters. The summed E-state index contributed by atoms with van der Waals surface area (Å²) >= 11 is 0. The van der Waals surface area contributed by atoms with Crippen molar-refractivity contribution in [1.82, 2.24) is 0 Å². The zero-order valence-electron chi connectivity index (χ0n) is 9.25. The second kappa shape index (κ2) is 8.82. The van der Waals surface area contributed by atoms with Gasteiger partial charge in [0.25, 0.3) is 0 Å². The topological polar surface area (TPSA) is 9.23 Å². The third-order valence-electron chi connectivity index (χ3n) is 2.32. The van der Waals surface area contributed by atoms with Crippen molar-refractivity contribution in [3.8, 4) is 5.75 Å². The van der Waals surface area contributed by atoms with E-state index < -0.39 is 17.5 Å². The SMILES string of the molecule is Fc1cc(F)c(OC2CCC2)cc1F.[CH3-].[Nd].[Os]. The molecule has 0 radical (unpaired) electrons. The Kier molecular flexibility index (Phi) is 10.4. The fourth-order valence-electron chi connectivity index (χ4n) is 1.26. The molecule has 1 aliphatic carbocycles. The maximum absolute atomic E-state index is 13.0. The van der Waals surface area contributed by atoms with Crippen molar-refractivity contribution in [2.75, 3.05) is 0 Å². The Labute approximate surface area is 145 Å². The summed E-state index contributed by atoms with van der Waals surface area (Å²) in [5.74, 6) is -3.33. The number of halogens is 3. The van der Waals surface area contributed by atoms with Crippen LogP contribution in [0.25, 0.3) is 0 Å². The van der Waals surface area contributed by atoms with Gasteiger partial charge in [0.05, 0.1) is 6.10 Å². The van der Waals surface area contributed by atoms with Crippen LogP contribution in [0.15, 0.2) is 12.1 Å². The predicted octanol–water partition coefficient (Wildman–Crippen LogP) is 3.48. The quantitative estimate of drug-likeness (QED) is 0.404. The Hall–Kier alpha value is 0.797. The molecule has 0 spiro atoms. The van der Waals surface area contributed by atoms with E-state index in [9.17, 15) is 13.2 Å². The van der Waals surface area contributed by atoms with E-state index in [2.05, 4.69) is 0 Å². The number of hydrogen-bond donors (Lipinski definition) is 0. The van der Waals surface area contributed by atoms with Gasteiger partial charge in [0.1, 0.15) is 0 Å². The molecular weight excluding hydrogens is 540 g/mol. The van der Waals surface area contributed by atoms with Gasteiger partial charge >= 0.3 is 0 Å². The zero-order chi connectivity index (χ0) is 10.1. The Morgan fingerprint density at radius 3 is 2.00 bits per heavy atom. The molecule has 0 amide bonds. The molecule has 17 heavy (non-hydrogen) atoms. The standard InChI is InChI=1S/C10H9F3O.CH3.Nd.Os/c11-7-4-9(13)10(5-8(7)12)14-6-2-1-3-6;;;/h4-6H,1-3H2;1H3;;/q;-1;;. The van der Waals surface area contributed by atoms with Crippen LogP contribution in [-0.2, 0) is 19.8 Å². The molecule has 0 aliphatic heterocycles. The van der Waals surface area contributed by atoms with Crippen molar-refractivity contribution >= 4 is 0 Å². The molecule has 1 fully saturated rings. The number of rotatable bonds is 2. The average molecular weight is 552 g/mol. The van der Waals surface area contributed by atoms with Crippen LogP contribution in [0.4, 0.5) is 13.2 Å². The van der Waals surface area contributed by atoms with Crippen molar-refractivity contribution in [3.05, 3.63) is 37.0 Å². The number of hydrogen-bond acceptors (Lipinski definition) is 1. The van der Waals surface area contributed by atoms with E-state index >= 15 is 0 Å². The molecule has 1 saturated carbocycles. The molecular formula is C11H12F3NdOOs-. The Morgan fingerprint density at radius 1 is 1.00 bits per heavy atom. The molecule has 0 heterocycles. The van der Waals surface area contributed by atoms with E-state index in [0.29, 0.717) is 6.07 Å². The van der Waals surface area contributed by atoms with E-state index in [4.69, 9.17) is 4.74 Å². The molecule has 1 aromatic carbocycles. The van der Waals surface area contributed by atoms with Crippen LogP contribution in [0, 0.1) is 65.7 Å². The van der Waals surface area contributed by atoms with Crippen molar-refractivity contribution in [2.24, 2.45) is 0 Å². The molecule has 2 rings (SSSR count). The van der Waals surface area contributed by atoms with Gasteiger partial charge in [0.2, 0.25) is 0 Å². The van der Waals surface area contributed by atoms with Crippen LogP contribution >= 0.6 is 0 Å². The van der Waals surface area contributed by atoms with Gasteiger partial charge in [-0.3, -0.25) is 0 Å². The zero-order valence-corrected chi connectivity index (χ0v) is 15.0. The smallest absolute Gasteiger partial charge is 0.168 e. The van der Waals surface area contributed by atoms with E-state index in [-0.39, 0.29) is 79.9 Å². The maximum Gasteiger partial charge on any atom is 0.168 e. The fourth-order valence-corrected chi connectivity index (χ4v) is 1.26. The van der Waals surface area contributed by atoms with Gasteiger partial charge in [-0.15, -0.1) is 0 Å². The van der Waals surface area contributed by atoms with Gasteiger partial charge in [-0.25, -0.2) is 13.2 Å². The minimum atomic E-state index is -1.19. The van der Waals surface area contributed by atoms with Crippen molar-refractivity contribution < 1.29 is 78.5 Å². The van der Waals surface area contributed by atoms with Crippen LogP contribution in [0.1, 0.15) is 19.3 Å². The van der Waals surface area contributed by atoms with Crippen LogP contribution in [0.3, 0.4) is 0 Å². The summed E-state index contributed by atoms with van der Waals surface area (Å²) in [6.07, 6.45) is 2.68. The largest absolute Gasteiger partial charge is 0.487 e. The summed E-state index contributed by atoms with van der Waals surface area (Å²) < 4.78 is 43.4. The molecule has 0 N–H and O–H groups in total. The number of benzene rings is 1. The molecule has 1 aromatic rings. The van der Waals surface area contributed by atoms with Gasteiger partial charge in [-0.1, -0.05) is 0 Å². The first-order chi connectivity index (χ1) is 6.66. The summed E-state index contributed by atoms with van der Waals surface area (Å²) in [7, 11) is 0. The van der Waals surface area contributed by atoms with Gasteiger partial charge in [0, 0.05) is 72.8 Å². The second-order valence-corrected chi connectivity index (χ2v) is 3.37. The predicted molar refractivity (Wildman–Crippen MR) is 51.0 cm³/mol. The van der Waals surface area contributed by atoms with Crippen molar-refractivity contribution in [2.45, 2.75) is 25.4 Å². The van der Waals surface area contributed by atoms with Crippen LogP contribution in [-0.4, -0.2) is 6.10 Å². The maximum atomic E-state index is 13.0. The van der Waals surface area contributed by atoms with Gasteiger partial charge < -0.3 is 12.2 Å². The number of ether oxygens (including phenoxy) is 1. The van der Waals surface area contributed by atoms with E-state index in [0.717, 1.165) is 25.3 Å². The molecule has 0 atom stereocenters. The van der Waals surface area contributed by atoms with Crippen LogP contribution in [0.2, 0.25) is 0 Å². The van der Waals surface area contributed by atoms with Crippen molar-refractivity contribution in [1.29, 1.82) is 0 Å². The molecule has 6 heteroatoms. The van der Waals surface area contributed by atoms with Crippen LogP contribution in [0.5, 0.6) is 5.75 Å². The third kappa shape index (κ3) is 5.12. The third-order valence-corrected chi connectivity index (χ3v) is 2.32. The Morgan fingerprint density at radius 2 is 1.53 bits per heavy atom. The normalized spacial score (nSPS) is 13.6. The monoisotopic (exact) mass is 551 g/mol. The molecule has 1 nitrogen and oxygen atoms in total. The van der Waals surface area contributed by atoms with Gasteiger partial charge in [-0.05, 0) is 19.3 Å². The van der Waals surface area contributed by atoms with Crippen molar-refractivity contribution in [3.63, 3.8) is 0 Å². The van der Waals surface area contributed by atoms with Crippen LogP contribution < -0.4 is 4.74 Å².